The van der Waals surface area contributed by atoms with Gasteiger partial charge in [-0.05, 0) is 36.2 Å². The lowest BCUT2D eigenvalue weighted by Gasteiger charge is -2.08. The first-order valence-corrected chi connectivity index (χ1v) is 10.4. The molecule has 7 heteroatoms. The lowest BCUT2D eigenvalue weighted by atomic mass is 9.99. The number of hydrogen-bond acceptors (Lipinski definition) is 5. The van der Waals surface area contributed by atoms with Crippen molar-refractivity contribution in [3.63, 3.8) is 0 Å². The first-order valence-electron chi connectivity index (χ1n) is 9.53. The van der Waals surface area contributed by atoms with Crippen molar-refractivity contribution < 1.29 is 9.59 Å². The van der Waals surface area contributed by atoms with E-state index in [0.29, 0.717) is 15.8 Å². The fraction of sp³-hybridized carbons (Fsp3) is 0.130. The summed E-state index contributed by atoms with van der Waals surface area (Å²) in [6.45, 7) is 1.69. The summed E-state index contributed by atoms with van der Waals surface area (Å²) in [4.78, 5) is 42.9. The molecule has 6 nitrogen and oxygen atoms in total. The van der Waals surface area contributed by atoms with E-state index in [1.807, 2.05) is 35.7 Å². The Kier molecular flexibility index (Phi) is 4.33. The topological polar surface area (TPSA) is 81.1 Å². The van der Waals surface area contributed by atoms with Gasteiger partial charge in [0.15, 0.2) is 5.78 Å². The molecule has 0 bridgehead atoms. The first-order chi connectivity index (χ1) is 14.5. The van der Waals surface area contributed by atoms with Crippen molar-refractivity contribution in [3.05, 3.63) is 81.7 Å². The molecule has 1 amide bonds. The molecular weight excluding hydrogens is 398 g/mol. The number of Topliss-reactive ketones (excluding diaryl/α,β-unsaturated/α-hetero) is 1. The summed E-state index contributed by atoms with van der Waals surface area (Å²) in [7, 11) is 0. The Morgan fingerprint density at radius 3 is 2.77 bits per heavy atom. The number of anilines is 1. The van der Waals surface area contributed by atoms with E-state index in [-0.39, 0.29) is 29.7 Å². The highest BCUT2D eigenvalue weighted by atomic mass is 32.1. The summed E-state index contributed by atoms with van der Waals surface area (Å²) in [6, 6.07) is 14.8. The smallest absolute Gasteiger partial charge is 0.263 e. The molecule has 0 fully saturated rings. The molecule has 30 heavy (non-hydrogen) atoms. The number of rotatable bonds is 4. The molecule has 1 atom stereocenters. The fourth-order valence-corrected chi connectivity index (χ4v) is 4.65. The molecule has 1 aliphatic rings. The van der Waals surface area contributed by atoms with Gasteiger partial charge in [-0.2, -0.15) is 0 Å². The highest BCUT2D eigenvalue weighted by Crippen LogP contribution is 2.33. The van der Waals surface area contributed by atoms with Crippen LogP contribution in [0.15, 0.2) is 65.0 Å². The van der Waals surface area contributed by atoms with Crippen molar-refractivity contribution in [2.24, 2.45) is 0 Å². The van der Waals surface area contributed by atoms with Crippen LogP contribution in [0.25, 0.3) is 21.3 Å². The van der Waals surface area contributed by atoms with Crippen molar-refractivity contribution in [1.29, 1.82) is 0 Å². The van der Waals surface area contributed by atoms with E-state index in [1.54, 1.807) is 25.1 Å². The largest absolute Gasteiger partial charge is 0.325 e. The van der Waals surface area contributed by atoms with Gasteiger partial charge in [0.05, 0.1) is 24.2 Å². The van der Waals surface area contributed by atoms with E-state index in [4.69, 9.17) is 0 Å². The highest BCUT2D eigenvalue weighted by Gasteiger charge is 2.27. The lowest BCUT2D eigenvalue weighted by Crippen LogP contribution is -2.24. The van der Waals surface area contributed by atoms with Crippen LogP contribution in [0.5, 0.6) is 0 Å². The third-order valence-corrected chi connectivity index (χ3v) is 6.34. The molecule has 0 unspecified atom stereocenters. The van der Waals surface area contributed by atoms with Crippen LogP contribution in [0.2, 0.25) is 0 Å². The normalized spacial score (nSPS) is 15.2. The molecule has 2 aromatic heterocycles. The Bertz CT molecular complexity index is 1370. The molecule has 1 N–H and O–H groups in total. The molecule has 0 radical (unpaired) electrons. The Morgan fingerprint density at radius 2 is 1.97 bits per heavy atom. The Hall–Kier alpha value is -3.58. The molecule has 0 spiro atoms. The zero-order chi connectivity index (χ0) is 20.8. The maximum absolute atomic E-state index is 13.2. The minimum absolute atomic E-state index is 0.0774. The Morgan fingerprint density at radius 1 is 1.17 bits per heavy atom. The van der Waals surface area contributed by atoms with Crippen molar-refractivity contribution in [2.75, 3.05) is 5.32 Å². The number of fused-ring (bicyclic) bond motifs is 2. The van der Waals surface area contributed by atoms with Crippen LogP contribution in [0.4, 0.5) is 5.69 Å². The van der Waals surface area contributed by atoms with E-state index in [9.17, 15) is 14.4 Å². The molecule has 2 aromatic carbocycles. The molecule has 148 valence electrons. The monoisotopic (exact) mass is 415 g/mol. The average molecular weight is 415 g/mol. The molecule has 1 aliphatic heterocycles. The van der Waals surface area contributed by atoms with E-state index >= 15 is 0 Å². The predicted octanol–water partition coefficient (Wildman–Crippen LogP) is 4.06. The van der Waals surface area contributed by atoms with Gasteiger partial charge in [-0.25, -0.2) is 4.98 Å². The molecular formula is C23H17N3O3S. The molecule has 0 saturated heterocycles. The first kappa shape index (κ1) is 18.4. The quantitative estimate of drug-likeness (QED) is 0.510. The van der Waals surface area contributed by atoms with Gasteiger partial charge < -0.3 is 5.32 Å². The number of carbonyl (C=O) groups is 2. The van der Waals surface area contributed by atoms with Crippen molar-refractivity contribution >= 4 is 38.9 Å². The van der Waals surface area contributed by atoms with Crippen LogP contribution in [-0.2, 0) is 11.3 Å². The number of carbonyl (C=O) groups excluding carboxylic acids is 2. The summed E-state index contributed by atoms with van der Waals surface area (Å²) in [5.74, 6) is -0.580. The van der Waals surface area contributed by atoms with Gasteiger partial charge in [0.2, 0.25) is 5.91 Å². The molecule has 3 heterocycles. The summed E-state index contributed by atoms with van der Waals surface area (Å²) in [6.07, 6.45) is 1.43. The minimum Gasteiger partial charge on any atom is -0.325 e. The van der Waals surface area contributed by atoms with Crippen LogP contribution in [0.1, 0.15) is 28.8 Å². The van der Waals surface area contributed by atoms with Crippen LogP contribution >= 0.6 is 11.3 Å². The highest BCUT2D eigenvalue weighted by molar-refractivity contribution is 7.17. The SMILES string of the molecule is C[C@@H]1C(=O)Nc2ccc(C(=O)Cn3cnc4scc(-c5ccccc5)c4c3=O)cc21. The number of aromatic nitrogens is 2. The zero-order valence-electron chi connectivity index (χ0n) is 16.1. The van der Waals surface area contributed by atoms with Gasteiger partial charge in [0.1, 0.15) is 4.83 Å². The molecule has 0 aliphatic carbocycles. The van der Waals surface area contributed by atoms with Gasteiger partial charge in [-0.15, -0.1) is 11.3 Å². The van der Waals surface area contributed by atoms with Gasteiger partial charge in [0, 0.05) is 22.2 Å². The Balaban J connectivity index is 1.51. The molecule has 4 aromatic rings. The van der Waals surface area contributed by atoms with Gasteiger partial charge >= 0.3 is 0 Å². The van der Waals surface area contributed by atoms with E-state index in [2.05, 4.69) is 10.3 Å². The number of benzene rings is 2. The lowest BCUT2D eigenvalue weighted by molar-refractivity contribution is -0.116. The standard InChI is InChI=1S/C23H17N3O3S/c1-13-16-9-15(7-8-18(16)25-21(13)28)19(27)10-26-12-24-22-20(23(26)29)17(11-30-22)14-5-3-2-4-6-14/h2-9,11-13H,10H2,1H3,(H,25,28)/t13-/m0/s1. The second-order valence-corrected chi connectivity index (χ2v) is 8.17. The summed E-state index contributed by atoms with van der Waals surface area (Å²) in [5.41, 5.74) is 3.53. The van der Waals surface area contributed by atoms with Crippen LogP contribution in [0.3, 0.4) is 0 Å². The number of hydrogen-bond donors (Lipinski definition) is 1. The fourth-order valence-electron chi connectivity index (χ4n) is 3.75. The van der Waals surface area contributed by atoms with Crippen LogP contribution in [0, 0.1) is 0 Å². The van der Waals surface area contributed by atoms with E-state index < -0.39 is 0 Å². The number of amides is 1. The predicted molar refractivity (Wildman–Crippen MR) is 117 cm³/mol. The van der Waals surface area contributed by atoms with Crippen LogP contribution < -0.4 is 10.9 Å². The third-order valence-electron chi connectivity index (χ3n) is 5.45. The molecule has 0 saturated carbocycles. The summed E-state index contributed by atoms with van der Waals surface area (Å²) >= 11 is 1.41. The number of thiophene rings is 1. The van der Waals surface area contributed by atoms with Gasteiger partial charge in [-0.1, -0.05) is 30.3 Å². The zero-order valence-corrected chi connectivity index (χ0v) is 16.9. The van der Waals surface area contributed by atoms with E-state index in [1.165, 1.54) is 22.2 Å². The van der Waals surface area contributed by atoms with Crippen molar-refractivity contribution in [1.82, 2.24) is 9.55 Å². The van der Waals surface area contributed by atoms with Gasteiger partial charge in [-0.3, -0.25) is 19.0 Å². The van der Waals surface area contributed by atoms with Crippen molar-refractivity contribution in [3.8, 4) is 11.1 Å². The van der Waals surface area contributed by atoms with Crippen molar-refractivity contribution in [2.45, 2.75) is 19.4 Å². The summed E-state index contributed by atoms with van der Waals surface area (Å²) in [5, 5.41) is 5.25. The Labute approximate surface area is 175 Å². The third kappa shape index (κ3) is 2.95. The van der Waals surface area contributed by atoms with Gasteiger partial charge in [0.25, 0.3) is 5.56 Å². The maximum Gasteiger partial charge on any atom is 0.263 e. The minimum atomic E-state index is -0.298. The number of nitrogens with zero attached hydrogens (tertiary/aromatic N) is 2. The second-order valence-electron chi connectivity index (χ2n) is 7.31. The number of nitrogens with one attached hydrogen (secondary N) is 1. The maximum atomic E-state index is 13.2. The molecule has 5 rings (SSSR count). The van der Waals surface area contributed by atoms with Crippen LogP contribution in [-0.4, -0.2) is 21.2 Å². The second kappa shape index (κ2) is 7.03. The average Bonchev–Trinajstić information content (AvgIpc) is 3.32. The summed E-state index contributed by atoms with van der Waals surface area (Å²) < 4.78 is 1.35. The number of ketones is 1. The van der Waals surface area contributed by atoms with E-state index in [0.717, 1.165) is 22.4 Å².